The highest BCUT2D eigenvalue weighted by atomic mass is 32.2. The van der Waals surface area contributed by atoms with Gasteiger partial charge in [0.15, 0.2) is 0 Å². The molecule has 0 unspecified atom stereocenters. The number of nitrogens with zero attached hydrogens (tertiary/aromatic N) is 4. The van der Waals surface area contributed by atoms with E-state index < -0.39 is 10.2 Å². The normalized spacial score (nSPS) is 25.3. The van der Waals surface area contributed by atoms with Crippen LogP contribution in [-0.2, 0) is 16.6 Å². The van der Waals surface area contributed by atoms with Crippen LogP contribution < -0.4 is 9.64 Å². The molecule has 0 amide bonds. The van der Waals surface area contributed by atoms with Gasteiger partial charge in [-0.3, -0.25) is 0 Å². The molecule has 1 aliphatic carbocycles. The fourth-order valence-electron chi connectivity index (χ4n) is 5.51. The number of piperazine rings is 1. The first-order chi connectivity index (χ1) is 14.9. The third kappa shape index (κ3) is 4.08. The number of hydrogen-bond acceptors (Lipinski definition) is 5. The lowest BCUT2D eigenvalue weighted by molar-refractivity contribution is -0.0336. The zero-order valence-corrected chi connectivity index (χ0v) is 19.7. The van der Waals surface area contributed by atoms with E-state index in [0.29, 0.717) is 26.2 Å². The van der Waals surface area contributed by atoms with Crippen LogP contribution in [0.25, 0.3) is 0 Å². The largest absolute Gasteiger partial charge is 0.487 e. The lowest BCUT2D eigenvalue weighted by Gasteiger charge is -2.48. The van der Waals surface area contributed by atoms with Crippen molar-refractivity contribution in [1.29, 1.82) is 0 Å². The molecule has 0 N–H and O–H groups in total. The summed E-state index contributed by atoms with van der Waals surface area (Å²) in [4.78, 5) is 4.98. The zero-order chi connectivity index (χ0) is 21.6. The first kappa shape index (κ1) is 21.5. The van der Waals surface area contributed by atoms with Crippen LogP contribution in [0.5, 0.6) is 5.75 Å². The first-order valence-corrected chi connectivity index (χ1v) is 13.2. The van der Waals surface area contributed by atoms with E-state index in [1.807, 2.05) is 0 Å². The molecule has 8 heteroatoms. The van der Waals surface area contributed by atoms with Gasteiger partial charge in [0.2, 0.25) is 0 Å². The first-order valence-electron chi connectivity index (χ1n) is 11.8. The van der Waals surface area contributed by atoms with E-state index in [-0.39, 0.29) is 5.60 Å². The monoisotopic (exact) mass is 448 g/mol. The minimum atomic E-state index is -3.33. The van der Waals surface area contributed by atoms with Gasteiger partial charge in [-0.25, -0.2) is 0 Å². The van der Waals surface area contributed by atoms with Crippen LogP contribution in [0, 0.1) is 0 Å². The van der Waals surface area contributed by atoms with Crippen LogP contribution in [0.4, 0.5) is 5.69 Å². The quantitative estimate of drug-likeness (QED) is 0.708. The minimum absolute atomic E-state index is 0.0287. The Morgan fingerprint density at radius 3 is 2.32 bits per heavy atom. The van der Waals surface area contributed by atoms with Gasteiger partial charge in [0.05, 0.1) is 0 Å². The van der Waals surface area contributed by atoms with Crippen molar-refractivity contribution in [3.05, 3.63) is 23.8 Å². The van der Waals surface area contributed by atoms with E-state index >= 15 is 0 Å². The Morgan fingerprint density at radius 2 is 1.71 bits per heavy atom. The van der Waals surface area contributed by atoms with E-state index in [1.54, 1.807) is 18.4 Å². The van der Waals surface area contributed by atoms with Crippen molar-refractivity contribution in [2.75, 3.05) is 58.3 Å². The maximum absolute atomic E-state index is 12.4. The predicted molar refractivity (Wildman–Crippen MR) is 123 cm³/mol. The zero-order valence-electron chi connectivity index (χ0n) is 18.9. The topological polar surface area (TPSA) is 56.3 Å². The summed E-state index contributed by atoms with van der Waals surface area (Å²) in [6.45, 7) is 4.83. The minimum Gasteiger partial charge on any atom is -0.487 e. The third-order valence-electron chi connectivity index (χ3n) is 7.91. The fraction of sp³-hybridized carbons (Fsp3) is 0.739. The van der Waals surface area contributed by atoms with Gasteiger partial charge in [-0.15, -0.1) is 0 Å². The summed E-state index contributed by atoms with van der Waals surface area (Å²) < 4.78 is 34.2. The van der Waals surface area contributed by atoms with Crippen LogP contribution in [-0.4, -0.2) is 86.9 Å². The molecule has 3 fully saturated rings. The van der Waals surface area contributed by atoms with E-state index in [1.165, 1.54) is 47.9 Å². The molecule has 172 valence electrons. The average molecular weight is 449 g/mol. The maximum Gasteiger partial charge on any atom is 0.281 e. The molecule has 2 saturated heterocycles. The van der Waals surface area contributed by atoms with Gasteiger partial charge in [-0.2, -0.15) is 17.0 Å². The van der Waals surface area contributed by atoms with Crippen LogP contribution in [0.1, 0.15) is 44.1 Å². The SMILES string of the molecule is CN(C)S(=O)(=O)N1CCN(c2ccc3c(c2)CCC2(CCN(C4CCC4)CC2)O3)CC1. The summed E-state index contributed by atoms with van der Waals surface area (Å²) in [5.41, 5.74) is 2.51. The summed E-state index contributed by atoms with van der Waals surface area (Å²) in [5, 5.41) is 0. The van der Waals surface area contributed by atoms with Crippen molar-refractivity contribution in [2.24, 2.45) is 0 Å². The van der Waals surface area contributed by atoms with Gasteiger partial charge in [-0.05, 0) is 62.3 Å². The smallest absolute Gasteiger partial charge is 0.281 e. The standard InChI is InChI=1S/C23H36N4O3S/c1-24(2)31(28,29)27-16-14-26(15-17-27)21-6-7-22-19(18-21)8-9-23(30-22)10-12-25(13-11-23)20-4-3-5-20/h6-7,18,20H,3-5,8-17H2,1-2H3. The van der Waals surface area contributed by atoms with Gasteiger partial charge in [0.25, 0.3) is 10.2 Å². The number of rotatable bonds is 4. The van der Waals surface area contributed by atoms with Crippen molar-refractivity contribution in [1.82, 2.24) is 13.5 Å². The number of piperidine rings is 1. The molecule has 5 rings (SSSR count). The molecule has 0 radical (unpaired) electrons. The molecule has 1 aromatic carbocycles. The second-order valence-electron chi connectivity index (χ2n) is 9.87. The number of likely N-dealkylation sites (tertiary alicyclic amines) is 1. The molecule has 0 aromatic heterocycles. The Morgan fingerprint density at radius 1 is 1.00 bits per heavy atom. The number of fused-ring (bicyclic) bond motifs is 1. The molecular formula is C23H36N4O3S. The predicted octanol–water partition coefficient (Wildman–Crippen LogP) is 2.33. The maximum atomic E-state index is 12.4. The van der Waals surface area contributed by atoms with E-state index in [9.17, 15) is 8.42 Å². The molecule has 3 heterocycles. The lowest BCUT2D eigenvalue weighted by atomic mass is 9.81. The fourth-order valence-corrected chi connectivity index (χ4v) is 6.60. The second-order valence-corrected chi connectivity index (χ2v) is 12.0. The lowest BCUT2D eigenvalue weighted by Crippen LogP contribution is -2.53. The van der Waals surface area contributed by atoms with Gasteiger partial charge in [0.1, 0.15) is 11.4 Å². The highest BCUT2D eigenvalue weighted by molar-refractivity contribution is 7.86. The van der Waals surface area contributed by atoms with Crippen LogP contribution >= 0.6 is 0 Å². The van der Waals surface area contributed by atoms with Crippen molar-refractivity contribution in [2.45, 2.75) is 56.6 Å². The number of benzene rings is 1. The van der Waals surface area contributed by atoms with E-state index in [0.717, 1.165) is 37.5 Å². The van der Waals surface area contributed by atoms with Crippen molar-refractivity contribution < 1.29 is 13.2 Å². The molecule has 0 atom stereocenters. The second kappa shape index (κ2) is 8.21. The van der Waals surface area contributed by atoms with Gasteiger partial charge in [0, 0.05) is 65.1 Å². The van der Waals surface area contributed by atoms with Crippen molar-refractivity contribution in [3.8, 4) is 5.75 Å². The highest BCUT2D eigenvalue weighted by Crippen LogP contribution is 2.42. The molecule has 1 spiro atoms. The van der Waals surface area contributed by atoms with Crippen molar-refractivity contribution >= 4 is 15.9 Å². The molecule has 7 nitrogen and oxygen atoms in total. The van der Waals surface area contributed by atoms with Gasteiger partial charge < -0.3 is 14.5 Å². The summed E-state index contributed by atoms with van der Waals surface area (Å²) in [5.74, 6) is 1.06. The average Bonchev–Trinajstić information content (AvgIpc) is 2.74. The molecule has 1 aromatic rings. The van der Waals surface area contributed by atoms with Crippen molar-refractivity contribution in [3.63, 3.8) is 0 Å². The number of ether oxygens (including phenoxy) is 1. The molecular weight excluding hydrogens is 412 g/mol. The molecule has 0 bridgehead atoms. The van der Waals surface area contributed by atoms with E-state index in [2.05, 4.69) is 28.0 Å². The summed E-state index contributed by atoms with van der Waals surface area (Å²) in [6, 6.07) is 7.40. The van der Waals surface area contributed by atoms with Crippen LogP contribution in [0.15, 0.2) is 18.2 Å². The third-order valence-corrected chi connectivity index (χ3v) is 9.85. The summed E-state index contributed by atoms with van der Waals surface area (Å²) >= 11 is 0. The Labute approximate surface area is 187 Å². The van der Waals surface area contributed by atoms with Gasteiger partial charge >= 0.3 is 0 Å². The Bertz CT molecular complexity index is 899. The number of hydrogen-bond donors (Lipinski definition) is 0. The molecule has 4 aliphatic rings. The molecule has 1 saturated carbocycles. The highest BCUT2D eigenvalue weighted by Gasteiger charge is 2.41. The van der Waals surface area contributed by atoms with Crippen LogP contribution in [0.3, 0.4) is 0 Å². The summed E-state index contributed by atoms with van der Waals surface area (Å²) in [7, 11) is -0.142. The Kier molecular flexibility index (Phi) is 5.69. The molecule has 31 heavy (non-hydrogen) atoms. The number of anilines is 1. The Hall–Kier alpha value is -1.35. The van der Waals surface area contributed by atoms with Gasteiger partial charge in [-0.1, -0.05) is 6.42 Å². The molecule has 3 aliphatic heterocycles. The number of aryl methyl sites for hydroxylation is 1. The summed E-state index contributed by atoms with van der Waals surface area (Å²) in [6.07, 6.45) is 8.64. The Balaban J connectivity index is 1.21. The van der Waals surface area contributed by atoms with E-state index in [4.69, 9.17) is 4.74 Å². The van der Waals surface area contributed by atoms with Crippen LogP contribution in [0.2, 0.25) is 0 Å².